The molecule has 3 aromatic carbocycles. The Labute approximate surface area is 252 Å². The lowest BCUT2D eigenvalue weighted by Gasteiger charge is -2.40. The normalized spacial score (nSPS) is 15.7. The van der Waals surface area contributed by atoms with Gasteiger partial charge in [-0.1, -0.05) is 71.7 Å². The Hall–Kier alpha value is -3.29. The zero-order valence-electron chi connectivity index (χ0n) is 24.0. The molecule has 0 aromatic heterocycles. The highest BCUT2D eigenvalue weighted by Crippen LogP contribution is 2.51. The third-order valence-electron chi connectivity index (χ3n) is 7.28. The minimum Gasteiger partial charge on any atom is -0.493 e. The van der Waals surface area contributed by atoms with Gasteiger partial charge in [0.2, 0.25) is 0 Å². The first kappa shape index (κ1) is 30.7. The van der Waals surface area contributed by atoms with Crippen molar-refractivity contribution >= 4 is 34.7 Å². The van der Waals surface area contributed by atoms with Crippen LogP contribution in [0.1, 0.15) is 35.4 Å². The number of aliphatic hydroxyl groups is 1. The fourth-order valence-corrected chi connectivity index (χ4v) is 5.83. The maximum atomic E-state index is 13.1. The minimum atomic E-state index is -1.48. The molecule has 1 heterocycles. The third kappa shape index (κ3) is 6.96. The lowest BCUT2D eigenvalue weighted by atomic mass is 9.70. The highest BCUT2D eigenvalue weighted by atomic mass is 35.5. The summed E-state index contributed by atoms with van der Waals surface area (Å²) in [6.07, 6.45) is 4.60. The molecule has 0 amide bonds. The van der Waals surface area contributed by atoms with Gasteiger partial charge >= 0.3 is 0 Å². The van der Waals surface area contributed by atoms with Crippen LogP contribution in [0.5, 0.6) is 11.5 Å². The molecular weight excluding hydrogens is 559 g/mol. The van der Waals surface area contributed by atoms with Gasteiger partial charge in [0, 0.05) is 46.3 Å². The largest absolute Gasteiger partial charge is 0.493 e. The Morgan fingerprint density at radius 2 is 1.63 bits per heavy atom. The second kappa shape index (κ2) is 13.6. The molecule has 3 aromatic rings. The zero-order valence-corrected chi connectivity index (χ0v) is 25.5. The number of ether oxygens (including phenoxy) is 3. The smallest absolute Gasteiger partial charge is 0.191 e. The van der Waals surface area contributed by atoms with Crippen molar-refractivity contribution in [2.45, 2.75) is 24.4 Å². The number of benzene rings is 3. The highest BCUT2D eigenvalue weighted by molar-refractivity contribution is 6.34. The van der Waals surface area contributed by atoms with Gasteiger partial charge in [0.25, 0.3) is 0 Å². The second-order valence-corrected chi connectivity index (χ2v) is 11.1. The molecule has 216 valence electrons. The van der Waals surface area contributed by atoms with Gasteiger partial charge in [-0.25, -0.2) is 4.99 Å². The van der Waals surface area contributed by atoms with Gasteiger partial charge in [-0.3, -0.25) is 0 Å². The molecule has 0 fully saturated rings. The summed E-state index contributed by atoms with van der Waals surface area (Å²) in [6, 6.07) is 20.9. The first-order valence-corrected chi connectivity index (χ1v) is 14.1. The number of nitrogens with zero attached hydrogens (tertiary/aromatic N) is 2. The van der Waals surface area contributed by atoms with Crippen molar-refractivity contribution in [3.63, 3.8) is 0 Å². The van der Waals surface area contributed by atoms with E-state index >= 15 is 0 Å². The van der Waals surface area contributed by atoms with E-state index in [1.54, 1.807) is 45.7 Å². The van der Waals surface area contributed by atoms with Crippen LogP contribution in [0, 0.1) is 0 Å². The zero-order chi connectivity index (χ0) is 29.6. The standard InChI is InChI=1S/C33H36Cl2N2O4/c1-37(2)15-14-33(38,25-18-26(34)20-27(35)19-25)31(28-12-9-13-29(39-3)32(28)41-5)23-16-24(21-36-30(17-23)40-4)22-10-7-6-8-11-22/h6-13,16,18-21,31,38H,14-15,17H2,1-5H3. The predicted octanol–water partition coefficient (Wildman–Crippen LogP) is 7.35. The van der Waals surface area contributed by atoms with E-state index in [0.717, 1.165) is 22.3 Å². The van der Waals surface area contributed by atoms with E-state index in [4.69, 9.17) is 37.4 Å². The summed E-state index contributed by atoms with van der Waals surface area (Å²) in [5.41, 5.74) is 2.62. The van der Waals surface area contributed by atoms with Crippen LogP contribution in [0.4, 0.5) is 0 Å². The molecule has 2 unspecified atom stereocenters. The highest BCUT2D eigenvalue weighted by Gasteiger charge is 2.44. The van der Waals surface area contributed by atoms with Crippen LogP contribution in [-0.2, 0) is 10.3 Å². The monoisotopic (exact) mass is 594 g/mol. The number of allylic oxidation sites excluding steroid dienone is 2. The third-order valence-corrected chi connectivity index (χ3v) is 7.72. The number of methoxy groups -OCH3 is 3. The number of halogens is 2. The Bertz CT molecular complexity index is 1430. The van der Waals surface area contributed by atoms with E-state index in [2.05, 4.69) is 11.1 Å². The van der Waals surface area contributed by atoms with Crippen LogP contribution in [-0.4, -0.2) is 57.9 Å². The van der Waals surface area contributed by atoms with Gasteiger partial charge in [0.05, 0.1) is 21.3 Å². The summed E-state index contributed by atoms with van der Waals surface area (Å²) in [4.78, 5) is 6.69. The summed E-state index contributed by atoms with van der Waals surface area (Å²) in [5.74, 6) is 0.978. The Morgan fingerprint density at radius 3 is 2.24 bits per heavy atom. The molecule has 0 radical (unpaired) electrons. The number of rotatable bonds is 10. The van der Waals surface area contributed by atoms with Crippen LogP contribution in [0.3, 0.4) is 0 Å². The summed E-state index contributed by atoms with van der Waals surface area (Å²) >= 11 is 13.0. The van der Waals surface area contributed by atoms with Crippen molar-refractivity contribution in [1.82, 2.24) is 4.90 Å². The topological polar surface area (TPSA) is 63.5 Å². The second-order valence-electron chi connectivity index (χ2n) is 10.2. The average molecular weight is 596 g/mol. The lowest BCUT2D eigenvalue weighted by molar-refractivity contribution is 0.00229. The predicted molar refractivity (Wildman–Crippen MR) is 167 cm³/mol. The molecule has 0 saturated carbocycles. The van der Waals surface area contributed by atoms with Crippen LogP contribution in [0.15, 0.2) is 89.6 Å². The van der Waals surface area contributed by atoms with E-state index in [-0.39, 0.29) is 0 Å². The van der Waals surface area contributed by atoms with Crippen molar-refractivity contribution in [2.75, 3.05) is 42.0 Å². The molecule has 0 saturated heterocycles. The van der Waals surface area contributed by atoms with Crippen LogP contribution >= 0.6 is 23.2 Å². The fourth-order valence-electron chi connectivity index (χ4n) is 5.30. The van der Waals surface area contributed by atoms with Crippen molar-refractivity contribution in [3.05, 3.63) is 111 Å². The molecule has 1 N–H and O–H groups in total. The van der Waals surface area contributed by atoms with Gasteiger partial charge in [-0.2, -0.15) is 0 Å². The molecule has 1 aliphatic heterocycles. The summed E-state index contributed by atoms with van der Waals surface area (Å²) < 4.78 is 17.3. The molecule has 8 heteroatoms. The minimum absolute atomic E-state index is 0.354. The van der Waals surface area contributed by atoms with Gasteiger partial charge in [0.15, 0.2) is 17.4 Å². The Balaban J connectivity index is 2.06. The maximum Gasteiger partial charge on any atom is 0.191 e. The van der Waals surface area contributed by atoms with Crippen molar-refractivity contribution in [2.24, 2.45) is 4.99 Å². The molecule has 41 heavy (non-hydrogen) atoms. The lowest BCUT2D eigenvalue weighted by Crippen LogP contribution is -2.38. The van der Waals surface area contributed by atoms with Gasteiger partial charge in [0.1, 0.15) is 5.60 Å². The summed E-state index contributed by atoms with van der Waals surface area (Å²) in [7, 11) is 8.76. The molecule has 0 bridgehead atoms. The summed E-state index contributed by atoms with van der Waals surface area (Å²) in [6.45, 7) is 0.587. The Morgan fingerprint density at radius 1 is 0.927 bits per heavy atom. The Kier molecular flexibility index (Phi) is 10.2. The molecule has 4 rings (SSSR count). The van der Waals surface area contributed by atoms with Crippen molar-refractivity contribution in [1.29, 1.82) is 0 Å². The number of para-hydroxylation sites is 1. The van der Waals surface area contributed by atoms with Crippen LogP contribution in [0.25, 0.3) is 5.57 Å². The quantitative estimate of drug-likeness (QED) is 0.266. The first-order chi connectivity index (χ1) is 19.7. The van der Waals surface area contributed by atoms with E-state index in [1.165, 1.54) is 0 Å². The number of hydrogen-bond donors (Lipinski definition) is 1. The maximum absolute atomic E-state index is 13.1. The number of aliphatic imine (C=N–C) groups is 1. The van der Waals surface area contributed by atoms with E-state index in [9.17, 15) is 5.11 Å². The molecule has 0 aliphatic carbocycles. The van der Waals surface area contributed by atoms with Gasteiger partial charge in [-0.15, -0.1) is 0 Å². The van der Waals surface area contributed by atoms with Crippen LogP contribution < -0.4 is 9.47 Å². The van der Waals surface area contributed by atoms with E-state index in [0.29, 0.717) is 52.4 Å². The molecule has 2 atom stereocenters. The molecule has 1 aliphatic rings. The summed E-state index contributed by atoms with van der Waals surface area (Å²) in [5, 5.41) is 13.9. The van der Waals surface area contributed by atoms with Gasteiger partial charge < -0.3 is 24.2 Å². The molecule has 0 spiro atoms. The average Bonchev–Trinajstić information content (AvgIpc) is 3.18. The van der Waals surface area contributed by atoms with Crippen LogP contribution in [0.2, 0.25) is 10.0 Å². The van der Waals surface area contributed by atoms with Crippen molar-refractivity contribution in [3.8, 4) is 11.5 Å². The van der Waals surface area contributed by atoms with Gasteiger partial charge in [-0.05, 0) is 61.5 Å². The molecule has 6 nitrogen and oxygen atoms in total. The first-order valence-electron chi connectivity index (χ1n) is 13.3. The van der Waals surface area contributed by atoms with Crippen molar-refractivity contribution < 1.29 is 19.3 Å². The number of hydrogen-bond acceptors (Lipinski definition) is 6. The van der Waals surface area contributed by atoms with E-state index in [1.807, 2.05) is 67.5 Å². The van der Waals surface area contributed by atoms with E-state index < -0.39 is 11.5 Å². The molecular formula is C33H36Cl2N2O4. The fraction of sp³-hybridized carbons (Fsp3) is 0.303. The SMILES string of the molecule is COC1=NC=C(c2ccccc2)C=C(C(c2cccc(OC)c2OC)C(O)(CCN(C)C)c2cc(Cl)cc(Cl)c2)C1.